The number of thioether (sulfide) groups is 1. The number of halogens is 1. The summed E-state index contributed by atoms with van der Waals surface area (Å²) in [4.78, 5) is 27.2. The van der Waals surface area contributed by atoms with Crippen molar-refractivity contribution in [2.75, 3.05) is 0 Å². The van der Waals surface area contributed by atoms with Crippen molar-refractivity contribution in [1.29, 1.82) is 0 Å². The van der Waals surface area contributed by atoms with E-state index in [0.717, 1.165) is 39.6 Å². The molecule has 1 N–H and O–H groups in total. The normalized spacial score (nSPS) is 16.0. The van der Waals surface area contributed by atoms with E-state index in [1.165, 1.54) is 12.1 Å². The second-order valence-electron chi connectivity index (χ2n) is 6.76. The predicted molar refractivity (Wildman–Crippen MR) is 137 cm³/mol. The molecule has 0 aliphatic carbocycles. The highest BCUT2D eigenvalue weighted by Gasteiger charge is 2.25. The summed E-state index contributed by atoms with van der Waals surface area (Å²) >= 11 is 3.27. The van der Waals surface area contributed by atoms with Gasteiger partial charge in [0.25, 0.3) is 11.6 Å². The Morgan fingerprint density at radius 1 is 1.03 bits per heavy atom. The maximum atomic E-state index is 12.7. The van der Waals surface area contributed by atoms with Crippen LogP contribution in [0.1, 0.15) is 5.56 Å². The average Bonchev–Trinajstić information content (AvgIpc) is 3.15. The van der Waals surface area contributed by atoms with Crippen molar-refractivity contribution in [1.82, 2.24) is 5.32 Å². The quantitative estimate of drug-likeness (QED) is 0.139. The van der Waals surface area contributed by atoms with E-state index < -0.39 is 15.0 Å². The lowest BCUT2D eigenvalue weighted by molar-refractivity contribution is -0.384. The molecular weight excluding hydrogens is 593 g/mol. The third-order valence-corrected chi connectivity index (χ3v) is 7.54. The van der Waals surface area contributed by atoms with Crippen LogP contribution in [0.4, 0.5) is 11.4 Å². The monoisotopic (exact) mass is 607 g/mol. The highest BCUT2D eigenvalue weighted by molar-refractivity contribution is 14.1. The molecule has 0 atom stereocenters. The molecule has 1 aliphatic heterocycles. The average molecular weight is 607 g/mol. The number of hydrogen-bond donors (Lipinski definition) is 1. The van der Waals surface area contributed by atoms with Crippen molar-refractivity contribution >= 4 is 73.0 Å². The molecule has 1 heterocycles. The summed E-state index contributed by atoms with van der Waals surface area (Å²) in [6.07, 6.45) is 1.51. The molecule has 172 valence electrons. The summed E-state index contributed by atoms with van der Waals surface area (Å²) < 4.78 is 31.6. The zero-order valence-corrected chi connectivity index (χ0v) is 20.8. The van der Waals surface area contributed by atoms with Gasteiger partial charge in [-0.2, -0.15) is 8.42 Å². The van der Waals surface area contributed by atoms with Crippen LogP contribution in [0.5, 0.6) is 5.75 Å². The van der Waals surface area contributed by atoms with Gasteiger partial charge < -0.3 is 9.50 Å². The number of nitrogens with zero attached hydrogens (tertiary/aromatic N) is 2. The van der Waals surface area contributed by atoms with E-state index in [1.54, 1.807) is 18.2 Å². The smallest absolute Gasteiger partial charge is 0.339 e. The van der Waals surface area contributed by atoms with Gasteiger partial charge in [0.15, 0.2) is 5.17 Å². The fraction of sp³-hybridized carbons (Fsp3) is 0. The number of rotatable bonds is 6. The second kappa shape index (κ2) is 9.95. The number of nitro benzene ring substituents is 1. The van der Waals surface area contributed by atoms with E-state index in [2.05, 4.69) is 32.9 Å². The Morgan fingerprint density at radius 2 is 1.71 bits per heavy atom. The molecule has 1 aliphatic rings. The van der Waals surface area contributed by atoms with Crippen molar-refractivity contribution < 1.29 is 22.3 Å². The first-order chi connectivity index (χ1) is 16.2. The number of aliphatic imine (C=N–C) groups is 1. The highest BCUT2D eigenvalue weighted by atomic mass is 127. The molecule has 9 nitrogen and oxygen atoms in total. The van der Waals surface area contributed by atoms with Crippen LogP contribution in [0.2, 0.25) is 0 Å². The van der Waals surface area contributed by atoms with Crippen molar-refractivity contribution in [2.45, 2.75) is 4.90 Å². The van der Waals surface area contributed by atoms with Crippen molar-refractivity contribution in [3.8, 4) is 5.75 Å². The number of nitrogens with one attached hydrogen (secondary N) is 1. The minimum absolute atomic E-state index is 0.00440. The van der Waals surface area contributed by atoms with Gasteiger partial charge in [-0.1, -0.05) is 30.3 Å². The molecule has 0 spiro atoms. The fourth-order valence-corrected chi connectivity index (χ4v) is 5.14. The third kappa shape index (κ3) is 5.46. The molecule has 1 fully saturated rings. The lowest BCUT2D eigenvalue weighted by atomic mass is 10.2. The molecule has 34 heavy (non-hydrogen) atoms. The maximum absolute atomic E-state index is 12.7. The Morgan fingerprint density at radius 3 is 2.41 bits per heavy atom. The number of non-ortho nitro benzene ring substituents is 1. The van der Waals surface area contributed by atoms with Crippen LogP contribution in [0.15, 0.2) is 87.6 Å². The summed E-state index contributed by atoms with van der Waals surface area (Å²) in [5.74, 6) is -0.368. The molecule has 4 rings (SSSR count). The lowest BCUT2D eigenvalue weighted by Gasteiger charge is -2.09. The van der Waals surface area contributed by atoms with E-state index in [0.29, 0.717) is 21.3 Å². The zero-order chi connectivity index (χ0) is 24.3. The summed E-state index contributed by atoms with van der Waals surface area (Å²) in [6, 6.07) is 18.2. The summed E-state index contributed by atoms with van der Waals surface area (Å²) in [6.45, 7) is 0. The van der Waals surface area contributed by atoms with E-state index in [4.69, 9.17) is 4.18 Å². The Labute approximate surface area is 212 Å². The number of hydrogen-bond acceptors (Lipinski definition) is 8. The minimum atomic E-state index is -4.27. The number of amidine groups is 1. The summed E-state index contributed by atoms with van der Waals surface area (Å²) in [5.41, 5.74) is 0.835. The molecule has 3 aromatic rings. The Bertz CT molecular complexity index is 1450. The van der Waals surface area contributed by atoms with Crippen LogP contribution < -0.4 is 9.50 Å². The van der Waals surface area contributed by atoms with Crippen LogP contribution in [0.3, 0.4) is 0 Å². The second-order valence-corrected chi connectivity index (χ2v) is 10.5. The maximum Gasteiger partial charge on any atom is 0.339 e. The van der Waals surface area contributed by atoms with Crippen LogP contribution >= 0.6 is 34.4 Å². The number of carbonyl (C=O) groups excluding carboxylic acids is 1. The summed E-state index contributed by atoms with van der Waals surface area (Å²) in [5, 5.41) is 13.9. The highest BCUT2D eigenvalue weighted by Crippen LogP contribution is 2.32. The number of carbonyl (C=O) groups is 1. The van der Waals surface area contributed by atoms with Gasteiger partial charge in [-0.3, -0.25) is 14.9 Å². The SMILES string of the molecule is O=C1NC(=Nc2ccccc2I)S/C1=C/c1ccccc1OS(=O)(=O)c1ccc([N+](=O)[O-])cc1. The fourth-order valence-electron chi connectivity index (χ4n) is 2.85. The van der Waals surface area contributed by atoms with E-state index in [9.17, 15) is 23.3 Å². The van der Waals surface area contributed by atoms with E-state index >= 15 is 0 Å². The zero-order valence-electron chi connectivity index (χ0n) is 17.0. The number of para-hydroxylation sites is 2. The Hall–Kier alpha value is -3.23. The molecule has 12 heteroatoms. The molecule has 0 radical (unpaired) electrons. The Kier molecular flexibility index (Phi) is 7.00. The standard InChI is InChI=1S/C22H14IN3O6S2/c23-17-6-2-3-7-18(17)24-22-25-21(27)20(33-22)13-14-5-1-4-8-19(14)32-34(30,31)16-11-9-15(10-12-16)26(28)29/h1-13H,(H,24,25,27)/b20-13+. The minimum Gasteiger partial charge on any atom is -0.378 e. The topological polar surface area (TPSA) is 128 Å². The molecule has 1 amide bonds. The molecule has 0 aromatic heterocycles. The van der Waals surface area contributed by atoms with Crippen LogP contribution in [0, 0.1) is 13.7 Å². The van der Waals surface area contributed by atoms with E-state index in [-0.39, 0.29) is 22.2 Å². The van der Waals surface area contributed by atoms with Crippen LogP contribution in [-0.4, -0.2) is 24.4 Å². The van der Waals surface area contributed by atoms with Crippen LogP contribution in [-0.2, 0) is 14.9 Å². The molecule has 1 saturated heterocycles. The van der Waals surface area contributed by atoms with Gasteiger partial charge in [0.1, 0.15) is 10.6 Å². The first kappa shape index (κ1) is 23.9. The molecule has 0 unspecified atom stereocenters. The molecule has 0 saturated carbocycles. The van der Waals surface area contributed by atoms with Crippen LogP contribution in [0.25, 0.3) is 6.08 Å². The Balaban J connectivity index is 1.59. The van der Waals surface area contributed by atoms with Gasteiger partial charge in [0, 0.05) is 21.3 Å². The lowest BCUT2D eigenvalue weighted by Crippen LogP contribution is -2.19. The largest absolute Gasteiger partial charge is 0.378 e. The molecule has 3 aromatic carbocycles. The van der Waals surface area contributed by atoms with Gasteiger partial charge in [0.05, 0.1) is 15.5 Å². The van der Waals surface area contributed by atoms with Crippen molar-refractivity contribution in [2.24, 2.45) is 4.99 Å². The summed E-state index contributed by atoms with van der Waals surface area (Å²) in [7, 11) is -4.27. The van der Waals surface area contributed by atoms with E-state index in [1.807, 2.05) is 24.3 Å². The third-order valence-electron chi connectivity index (χ3n) is 4.47. The molecular formula is C22H14IN3O6S2. The van der Waals surface area contributed by atoms with Gasteiger partial charge in [-0.25, -0.2) is 4.99 Å². The molecule has 0 bridgehead atoms. The number of nitro groups is 1. The number of benzene rings is 3. The van der Waals surface area contributed by atoms with Gasteiger partial charge in [0.2, 0.25) is 0 Å². The van der Waals surface area contributed by atoms with Gasteiger partial charge >= 0.3 is 10.1 Å². The van der Waals surface area contributed by atoms with Gasteiger partial charge in [-0.15, -0.1) is 0 Å². The van der Waals surface area contributed by atoms with Gasteiger partial charge in [-0.05, 0) is 70.8 Å². The van der Waals surface area contributed by atoms with Crippen molar-refractivity contribution in [3.05, 3.63) is 96.9 Å². The van der Waals surface area contributed by atoms with Crippen molar-refractivity contribution in [3.63, 3.8) is 0 Å². The number of amides is 1. The first-order valence-corrected chi connectivity index (χ1v) is 12.9. The first-order valence-electron chi connectivity index (χ1n) is 9.55. The predicted octanol–water partition coefficient (Wildman–Crippen LogP) is 4.86.